The molecule has 26 heavy (non-hydrogen) atoms. The van der Waals surface area contributed by atoms with Gasteiger partial charge in [0.05, 0.1) is 25.4 Å². The smallest absolute Gasteiger partial charge is 0.174 e. The molecule has 146 valence electrons. The van der Waals surface area contributed by atoms with Gasteiger partial charge >= 0.3 is 0 Å². The van der Waals surface area contributed by atoms with Crippen molar-refractivity contribution in [2.45, 2.75) is 76.8 Å². The Morgan fingerprint density at radius 2 is 1.77 bits per heavy atom. The predicted octanol–water partition coefficient (Wildman–Crippen LogP) is 3.37. The highest BCUT2D eigenvalue weighted by molar-refractivity contribution is 5.27. The molecule has 9 atom stereocenters. The number of aliphatic hydroxyl groups excluding tert-OH is 1. The summed E-state index contributed by atoms with van der Waals surface area (Å²) in [6, 6.07) is 0. The van der Waals surface area contributed by atoms with Crippen molar-refractivity contribution in [3.63, 3.8) is 0 Å². The van der Waals surface area contributed by atoms with E-state index in [9.17, 15) is 5.11 Å². The topological polar surface area (TPSA) is 47.9 Å². The van der Waals surface area contributed by atoms with Crippen LogP contribution in [0, 0.1) is 39.9 Å². The molecule has 6 aliphatic rings. The number of aliphatic hydroxyl groups is 1. The number of rotatable bonds is 1. The van der Waals surface area contributed by atoms with Crippen LogP contribution in [0.2, 0.25) is 0 Å². The lowest BCUT2D eigenvalue weighted by Gasteiger charge is -2.62. The molecule has 0 bridgehead atoms. The molecule has 5 aliphatic carbocycles. The van der Waals surface area contributed by atoms with Crippen molar-refractivity contribution >= 4 is 0 Å². The van der Waals surface area contributed by atoms with Crippen LogP contribution in [0.15, 0.2) is 0 Å². The largest absolute Gasteiger partial charge is 0.393 e. The quantitative estimate of drug-likeness (QED) is 0.777. The van der Waals surface area contributed by atoms with E-state index >= 15 is 0 Å². The molecule has 1 N–H and O–H groups in total. The molecule has 0 aromatic rings. The first-order valence-corrected chi connectivity index (χ1v) is 10.9. The lowest BCUT2D eigenvalue weighted by molar-refractivity contribution is -0.270. The maximum Gasteiger partial charge on any atom is 0.174 e. The summed E-state index contributed by atoms with van der Waals surface area (Å²) >= 11 is 0. The van der Waals surface area contributed by atoms with Gasteiger partial charge in [-0.25, -0.2) is 0 Å². The van der Waals surface area contributed by atoms with Gasteiger partial charge in [-0.15, -0.1) is 0 Å². The monoisotopic (exact) mass is 362 g/mol. The fourth-order valence-electron chi connectivity index (χ4n) is 9.58. The number of methoxy groups -OCH3 is 1. The molecular formula is C22H34O4. The summed E-state index contributed by atoms with van der Waals surface area (Å²) in [5, 5.41) is 11.5. The van der Waals surface area contributed by atoms with Crippen molar-refractivity contribution in [1.29, 1.82) is 0 Å². The molecule has 6 rings (SSSR count). The average Bonchev–Trinajstić information content (AvgIpc) is 2.90. The minimum atomic E-state index is -0.444. The second kappa shape index (κ2) is 4.87. The summed E-state index contributed by atoms with van der Waals surface area (Å²) in [5.41, 5.74) is 0.536. The van der Waals surface area contributed by atoms with Crippen molar-refractivity contribution in [2.75, 3.05) is 20.3 Å². The lowest BCUT2D eigenvalue weighted by atomic mass is 9.45. The van der Waals surface area contributed by atoms with Crippen LogP contribution in [0.3, 0.4) is 0 Å². The van der Waals surface area contributed by atoms with Crippen LogP contribution in [-0.4, -0.2) is 43.4 Å². The van der Waals surface area contributed by atoms with Crippen molar-refractivity contribution in [3.05, 3.63) is 0 Å². The van der Waals surface area contributed by atoms with E-state index in [1.54, 1.807) is 0 Å². The third-order valence-electron chi connectivity index (χ3n) is 10.6. The van der Waals surface area contributed by atoms with Gasteiger partial charge in [-0.1, -0.05) is 13.8 Å². The Labute approximate surface area is 157 Å². The highest BCUT2D eigenvalue weighted by Crippen LogP contribution is 2.82. The summed E-state index contributed by atoms with van der Waals surface area (Å²) in [7, 11) is 1.92. The van der Waals surface area contributed by atoms with Crippen molar-refractivity contribution in [2.24, 2.45) is 39.9 Å². The maximum absolute atomic E-state index is 11.5. The summed E-state index contributed by atoms with van der Waals surface area (Å²) in [6.07, 6.45) is 8.21. The van der Waals surface area contributed by atoms with E-state index in [-0.39, 0.29) is 16.9 Å². The van der Waals surface area contributed by atoms with E-state index in [0.29, 0.717) is 42.5 Å². The van der Waals surface area contributed by atoms with Gasteiger partial charge in [-0.2, -0.15) is 0 Å². The second-order valence-electron chi connectivity index (χ2n) is 10.8. The van der Waals surface area contributed by atoms with Gasteiger partial charge in [0.15, 0.2) is 5.79 Å². The molecule has 2 spiro atoms. The Morgan fingerprint density at radius 1 is 1.00 bits per heavy atom. The highest BCUT2D eigenvalue weighted by Gasteiger charge is 2.79. The van der Waals surface area contributed by atoms with E-state index in [4.69, 9.17) is 14.2 Å². The highest BCUT2D eigenvalue weighted by atomic mass is 16.7. The van der Waals surface area contributed by atoms with E-state index in [1.807, 2.05) is 7.11 Å². The standard InChI is InChI=1S/C22H34O4/c1-19-6-4-13-11-21(13,19)17(24-3)10-14-15-5-7-22(25-8-9-26-22)20(15,2)12-16(23)18(14)19/h13-18,23H,4-12H2,1-3H3/t13?,14?,15?,16-,17?,18?,19+,20-,21?/m0/s1. The number of hydrogen-bond donors (Lipinski definition) is 1. The predicted molar refractivity (Wildman–Crippen MR) is 96.4 cm³/mol. The van der Waals surface area contributed by atoms with Gasteiger partial charge in [0, 0.05) is 24.4 Å². The molecule has 1 heterocycles. The van der Waals surface area contributed by atoms with Crippen LogP contribution in [0.4, 0.5) is 0 Å². The molecule has 6 fully saturated rings. The maximum atomic E-state index is 11.5. The number of fused-ring (bicyclic) bond motifs is 5. The molecule has 5 saturated carbocycles. The van der Waals surface area contributed by atoms with Gasteiger partial charge in [-0.05, 0) is 67.6 Å². The fraction of sp³-hybridized carbons (Fsp3) is 1.00. The third-order valence-corrected chi connectivity index (χ3v) is 10.6. The van der Waals surface area contributed by atoms with Crippen molar-refractivity contribution in [3.8, 4) is 0 Å². The Morgan fingerprint density at radius 3 is 2.46 bits per heavy atom. The van der Waals surface area contributed by atoms with Crippen LogP contribution < -0.4 is 0 Å². The van der Waals surface area contributed by atoms with Crippen LogP contribution in [0.5, 0.6) is 0 Å². The van der Waals surface area contributed by atoms with Crippen LogP contribution >= 0.6 is 0 Å². The molecule has 1 saturated heterocycles. The fourth-order valence-corrected chi connectivity index (χ4v) is 9.58. The molecule has 0 radical (unpaired) electrons. The number of ether oxygens (including phenoxy) is 3. The molecule has 4 heteroatoms. The van der Waals surface area contributed by atoms with Gasteiger partial charge in [-0.3, -0.25) is 0 Å². The van der Waals surface area contributed by atoms with Crippen LogP contribution in [0.1, 0.15) is 58.8 Å². The average molecular weight is 363 g/mol. The Kier molecular flexibility index (Phi) is 3.14. The summed E-state index contributed by atoms with van der Waals surface area (Å²) < 4.78 is 18.6. The van der Waals surface area contributed by atoms with E-state index < -0.39 is 5.79 Å². The minimum absolute atomic E-state index is 0.0647. The first-order valence-electron chi connectivity index (χ1n) is 10.9. The molecule has 0 amide bonds. The Bertz CT molecular complexity index is 630. The summed E-state index contributed by atoms with van der Waals surface area (Å²) in [4.78, 5) is 0. The van der Waals surface area contributed by atoms with Crippen LogP contribution in [0.25, 0.3) is 0 Å². The van der Waals surface area contributed by atoms with Gasteiger partial charge in [0.2, 0.25) is 0 Å². The lowest BCUT2D eigenvalue weighted by Crippen LogP contribution is -2.63. The zero-order chi connectivity index (χ0) is 17.9. The second-order valence-corrected chi connectivity index (χ2v) is 10.8. The molecule has 0 aromatic heterocycles. The number of hydrogen-bond acceptors (Lipinski definition) is 4. The van der Waals surface area contributed by atoms with Gasteiger partial charge < -0.3 is 19.3 Å². The van der Waals surface area contributed by atoms with Crippen molar-refractivity contribution < 1.29 is 19.3 Å². The summed E-state index contributed by atoms with van der Waals surface area (Å²) in [5.74, 6) is 1.95. The zero-order valence-corrected chi connectivity index (χ0v) is 16.5. The van der Waals surface area contributed by atoms with Gasteiger partial charge in [0.1, 0.15) is 0 Å². The van der Waals surface area contributed by atoms with Crippen molar-refractivity contribution in [1.82, 2.24) is 0 Å². The summed E-state index contributed by atoms with van der Waals surface area (Å²) in [6.45, 7) is 6.26. The van der Waals surface area contributed by atoms with E-state index in [2.05, 4.69) is 13.8 Å². The first-order chi connectivity index (χ1) is 12.4. The molecule has 0 aromatic carbocycles. The van der Waals surface area contributed by atoms with E-state index in [1.165, 1.54) is 25.7 Å². The van der Waals surface area contributed by atoms with Gasteiger partial charge in [0.25, 0.3) is 0 Å². The SMILES string of the molecule is COC1CC2C3CCC4(OCCO4)[C@@]3(C)C[C@H](O)C2[C@@]2(C)CCC3CC312. The molecule has 6 unspecified atom stereocenters. The van der Waals surface area contributed by atoms with E-state index in [0.717, 1.165) is 25.2 Å². The minimum Gasteiger partial charge on any atom is -0.393 e. The van der Waals surface area contributed by atoms with Crippen LogP contribution in [-0.2, 0) is 14.2 Å². The Balaban J connectivity index is 1.43. The Hall–Kier alpha value is -0.160. The normalized spacial score (nSPS) is 61.8. The first kappa shape index (κ1) is 16.8. The third kappa shape index (κ3) is 1.58. The zero-order valence-electron chi connectivity index (χ0n) is 16.5. The molecule has 4 nitrogen and oxygen atoms in total. The molecular weight excluding hydrogens is 328 g/mol. The molecule has 1 aliphatic heterocycles.